The molecule has 16 heavy (non-hydrogen) atoms. The van der Waals surface area contributed by atoms with Crippen LogP contribution < -0.4 is 0 Å². The van der Waals surface area contributed by atoms with E-state index in [0.717, 1.165) is 11.5 Å². The van der Waals surface area contributed by atoms with Crippen LogP contribution in [0.3, 0.4) is 0 Å². The summed E-state index contributed by atoms with van der Waals surface area (Å²) in [5, 5.41) is 0.800. The Labute approximate surface area is 99.8 Å². The van der Waals surface area contributed by atoms with Gasteiger partial charge in [0.15, 0.2) is 0 Å². The van der Waals surface area contributed by atoms with Crippen LogP contribution >= 0.6 is 11.6 Å². The van der Waals surface area contributed by atoms with Crippen LogP contribution in [0.2, 0.25) is 0 Å². The van der Waals surface area contributed by atoms with Crippen molar-refractivity contribution in [3.05, 3.63) is 47.0 Å². The minimum absolute atomic E-state index is 0.0321. The van der Waals surface area contributed by atoms with Gasteiger partial charge in [-0.15, -0.1) is 0 Å². The van der Waals surface area contributed by atoms with E-state index in [-0.39, 0.29) is 18.3 Å². The van der Waals surface area contributed by atoms with Gasteiger partial charge in [-0.2, -0.15) is 0 Å². The van der Waals surface area contributed by atoms with Crippen LogP contribution in [0.1, 0.15) is 12.0 Å². The molecule has 0 N–H and O–H groups in total. The topological polar surface area (TPSA) is 18.5 Å². The first-order valence-corrected chi connectivity index (χ1v) is 5.89. The van der Waals surface area contributed by atoms with Gasteiger partial charge >= 0.3 is 0 Å². The molecule has 2 nitrogen and oxygen atoms in total. The molecule has 3 heteroatoms. The van der Waals surface area contributed by atoms with E-state index >= 15 is 0 Å². The Hall–Kier alpha value is -0.830. The molecule has 2 heterocycles. The summed E-state index contributed by atoms with van der Waals surface area (Å²) < 4.78 is 11.5. The van der Waals surface area contributed by atoms with E-state index in [1.54, 1.807) is 0 Å². The van der Waals surface area contributed by atoms with E-state index in [1.807, 2.05) is 24.3 Å². The molecule has 0 amide bonds. The molecular formula is C13H13ClO2. The lowest BCUT2D eigenvalue weighted by Crippen LogP contribution is -2.25. The van der Waals surface area contributed by atoms with Gasteiger partial charge in [-0.1, -0.05) is 41.9 Å². The molecule has 84 valence electrons. The van der Waals surface area contributed by atoms with Crippen molar-refractivity contribution in [1.82, 2.24) is 0 Å². The quantitative estimate of drug-likeness (QED) is 0.804. The zero-order valence-electron chi connectivity index (χ0n) is 8.80. The first kappa shape index (κ1) is 10.3. The number of rotatable bonds is 3. The summed E-state index contributed by atoms with van der Waals surface area (Å²) in [6.45, 7) is 0.627. The molecule has 2 aliphatic rings. The highest BCUT2D eigenvalue weighted by Gasteiger charge is 2.42. The molecule has 0 spiro atoms. The average molecular weight is 237 g/mol. The number of fused-ring (bicyclic) bond motifs is 2. The molecule has 1 saturated heterocycles. The third-order valence-electron chi connectivity index (χ3n) is 3.05. The van der Waals surface area contributed by atoms with E-state index in [0.29, 0.717) is 6.61 Å². The summed E-state index contributed by atoms with van der Waals surface area (Å²) >= 11 is 6.04. The monoisotopic (exact) mass is 236 g/mol. The van der Waals surface area contributed by atoms with Gasteiger partial charge in [0.2, 0.25) is 0 Å². The fourth-order valence-electron chi connectivity index (χ4n) is 2.24. The van der Waals surface area contributed by atoms with Gasteiger partial charge in [-0.3, -0.25) is 0 Å². The molecule has 0 saturated carbocycles. The standard InChI is InChI=1S/C13H13ClO2/c14-11-6-10-7-12(13(11)16-10)15-8-9-4-2-1-3-5-9/h1-6,10,12-13H,7-8H2/t10-,12-,13+/m1/s1. The molecule has 0 aromatic heterocycles. The maximum atomic E-state index is 6.04. The summed E-state index contributed by atoms with van der Waals surface area (Å²) in [5.41, 5.74) is 1.19. The molecule has 3 rings (SSSR count). The third kappa shape index (κ3) is 1.88. The molecule has 1 aromatic carbocycles. The Balaban J connectivity index is 1.60. The normalized spacial score (nSPS) is 31.8. The smallest absolute Gasteiger partial charge is 0.120 e. The van der Waals surface area contributed by atoms with Crippen molar-refractivity contribution < 1.29 is 9.47 Å². The predicted octanol–water partition coefficient (Wildman–Crippen LogP) is 2.87. The van der Waals surface area contributed by atoms with E-state index in [4.69, 9.17) is 21.1 Å². The molecule has 1 fully saturated rings. The van der Waals surface area contributed by atoms with Gasteiger partial charge in [-0.05, 0) is 11.6 Å². The Bertz CT molecular complexity index is 402. The van der Waals surface area contributed by atoms with E-state index in [9.17, 15) is 0 Å². The van der Waals surface area contributed by atoms with E-state index in [1.165, 1.54) is 5.56 Å². The summed E-state index contributed by atoms with van der Waals surface area (Å²) in [5.74, 6) is 0. The maximum absolute atomic E-state index is 6.04. The predicted molar refractivity (Wildman–Crippen MR) is 62.2 cm³/mol. The fourth-order valence-corrected chi connectivity index (χ4v) is 2.57. The number of halogens is 1. The minimum atomic E-state index is -0.0321. The van der Waals surface area contributed by atoms with Crippen LogP contribution in [0.25, 0.3) is 0 Å². The Morgan fingerprint density at radius 2 is 2.12 bits per heavy atom. The van der Waals surface area contributed by atoms with Crippen LogP contribution in [-0.4, -0.2) is 18.3 Å². The van der Waals surface area contributed by atoms with Gasteiger partial charge in [0.05, 0.1) is 18.8 Å². The Kier molecular flexibility index (Phi) is 2.72. The summed E-state index contributed by atoms with van der Waals surface area (Å²) in [6.07, 6.45) is 3.15. The van der Waals surface area contributed by atoms with Crippen LogP contribution in [0, 0.1) is 0 Å². The van der Waals surface area contributed by atoms with E-state index < -0.39 is 0 Å². The summed E-state index contributed by atoms with van der Waals surface area (Å²) in [6, 6.07) is 10.2. The highest BCUT2D eigenvalue weighted by atomic mass is 35.5. The second-order valence-corrected chi connectivity index (χ2v) is 4.65. The molecule has 0 aliphatic carbocycles. The molecule has 0 radical (unpaired) electrons. The van der Waals surface area contributed by atoms with Gasteiger partial charge in [0.25, 0.3) is 0 Å². The lowest BCUT2D eigenvalue weighted by molar-refractivity contribution is 0.00218. The zero-order chi connectivity index (χ0) is 11.0. The average Bonchev–Trinajstić information content (AvgIpc) is 2.86. The minimum Gasteiger partial charge on any atom is -0.370 e. The molecule has 3 atom stereocenters. The first-order valence-electron chi connectivity index (χ1n) is 5.51. The molecular weight excluding hydrogens is 224 g/mol. The fraction of sp³-hybridized carbons (Fsp3) is 0.385. The maximum Gasteiger partial charge on any atom is 0.120 e. The van der Waals surface area contributed by atoms with Crippen molar-refractivity contribution in [2.75, 3.05) is 0 Å². The van der Waals surface area contributed by atoms with Crippen LogP contribution in [0.4, 0.5) is 0 Å². The number of benzene rings is 1. The number of ether oxygens (including phenoxy) is 2. The van der Waals surface area contributed by atoms with Gasteiger partial charge < -0.3 is 9.47 Å². The highest BCUT2D eigenvalue weighted by molar-refractivity contribution is 6.30. The van der Waals surface area contributed by atoms with Crippen LogP contribution in [0.5, 0.6) is 0 Å². The molecule has 2 aliphatic heterocycles. The SMILES string of the molecule is ClC1=C[C@@H]2C[C@@H](OCc3ccccc3)[C@H]1O2. The van der Waals surface area contributed by atoms with Crippen molar-refractivity contribution in [2.45, 2.75) is 31.3 Å². The number of hydrogen-bond acceptors (Lipinski definition) is 2. The third-order valence-corrected chi connectivity index (χ3v) is 3.39. The second kappa shape index (κ2) is 4.21. The van der Waals surface area contributed by atoms with Crippen molar-refractivity contribution in [3.8, 4) is 0 Å². The Morgan fingerprint density at radius 1 is 1.31 bits per heavy atom. The summed E-state index contributed by atoms with van der Waals surface area (Å²) in [4.78, 5) is 0. The lowest BCUT2D eigenvalue weighted by atomic mass is 10.0. The van der Waals surface area contributed by atoms with Crippen molar-refractivity contribution >= 4 is 11.6 Å². The van der Waals surface area contributed by atoms with Crippen molar-refractivity contribution in [2.24, 2.45) is 0 Å². The molecule has 0 unspecified atom stereocenters. The molecule has 2 bridgehead atoms. The Morgan fingerprint density at radius 3 is 2.81 bits per heavy atom. The van der Waals surface area contributed by atoms with Crippen LogP contribution in [-0.2, 0) is 16.1 Å². The lowest BCUT2D eigenvalue weighted by Gasteiger charge is -2.18. The second-order valence-electron chi connectivity index (χ2n) is 4.22. The summed E-state index contributed by atoms with van der Waals surface area (Å²) in [7, 11) is 0. The molecule has 1 aromatic rings. The number of hydrogen-bond donors (Lipinski definition) is 0. The van der Waals surface area contributed by atoms with E-state index in [2.05, 4.69) is 12.1 Å². The van der Waals surface area contributed by atoms with Crippen molar-refractivity contribution in [3.63, 3.8) is 0 Å². The van der Waals surface area contributed by atoms with Gasteiger partial charge in [-0.25, -0.2) is 0 Å². The highest BCUT2D eigenvalue weighted by Crippen LogP contribution is 2.37. The van der Waals surface area contributed by atoms with Crippen LogP contribution in [0.15, 0.2) is 41.4 Å². The van der Waals surface area contributed by atoms with Gasteiger partial charge in [0.1, 0.15) is 6.10 Å². The first-order chi connectivity index (χ1) is 7.83. The van der Waals surface area contributed by atoms with Gasteiger partial charge in [0, 0.05) is 11.5 Å². The largest absolute Gasteiger partial charge is 0.370 e. The van der Waals surface area contributed by atoms with Crippen molar-refractivity contribution in [1.29, 1.82) is 0 Å². The zero-order valence-corrected chi connectivity index (χ0v) is 9.56.